The number of hydrazine groups is 1. The molecule has 1 aromatic carbocycles. The van der Waals surface area contributed by atoms with Crippen molar-refractivity contribution in [3.63, 3.8) is 0 Å². The van der Waals surface area contributed by atoms with Crippen LogP contribution < -0.4 is 11.3 Å². The van der Waals surface area contributed by atoms with E-state index in [2.05, 4.69) is 14.8 Å². The van der Waals surface area contributed by atoms with Crippen molar-refractivity contribution in [2.75, 3.05) is 0 Å². The van der Waals surface area contributed by atoms with Crippen molar-refractivity contribution in [2.45, 2.75) is 10.1 Å². The van der Waals surface area contributed by atoms with E-state index < -0.39 is 5.91 Å². The molecule has 0 unspecified atom stereocenters. The number of thioether (sulfide) groups is 1. The number of carbonyl (C=O) groups excluding carboxylic acids is 1. The molecule has 2 aromatic heterocycles. The monoisotopic (exact) mass is 306 g/mol. The van der Waals surface area contributed by atoms with Crippen LogP contribution in [0.1, 0.15) is 16.1 Å². The van der Waals surface area contributed by atoms with Crippen molar-refractivity contribution >= 4 is 40.2 Å². The number of rotatable bonds is 4. The Morgan fingerprint density at radius 2 is 2.30 bits per heavy atom. The fourth-order valence-corrected chi connectivity index (χ4v) is 3.32. The van der Waals surface area contributed by atoms with Crippen molar-refractivity contribution in [1.82, 2.24) is 14.8 Å². The molecule has 0 saturated carbocycles. The fraction of sp³-hybridized carbons (Fsp3) is 0.0833. The lowest BCUT2D eigenvalue weighted by atomic mass is 10.1. The van der Waals surface area contributed by atoms with Gasteiger partial charge in [0.15, 0.2) is 10.1 Å². The Labute approximate surface area is 122 Å². The minimum atomic E-state index is -0.436. The Hall–Kier alpha value is -1.90. The van der Waals surface area contributed by atoms with Gasteiger partial charge >= 0.3 is 5.91 Å². The van der Waals surface area contributed by atoms with Gasteiger partial charge in [0.2, 0.25) is 0 Å². The van der Waals surface area contributed by atoms with E-state index >= 15 is 0 Å². The largest absolute Gasteiger partial charge is 0.451 e. The lowest BCUT2D eigenvalue weighted by Gasteiger charge is -2.00. The second kappa shape index (κ2) is 5.61. The van der Waals surface area contributed by atoms with Crippen LogP contribution in [0.3, 0.4) is 0 Å². The second-order valence-corrected chi connectivity index (χ2v) is 5.88. The summed E-state index contributed by atoms with van der Waals surface area (Å²) in [7, 11) is 0. The Balaban J connectivity index is 1.99. The van der Waals surface area contributed by atoms with Gasteiger partial charge in [0, 0.05) is 16.7 Å². The summed E-state index contributed by atoms with van der Waals surface area (Å²) in [6.07, 6.45) is 1.51. The zero-order valence-corrected chi connectivity index (χ0v) is 11.8. The molecule has 3 aromatic rings. The first-order valence-corrected chi connectivity index (χ1v) is 7.46. The van der Waals surface area contributed by atoms with Crippen LogP contribution in [-0.2, 0) is 5.75 Å². The quantitative estimate of drug-likeness (QED) is 0.332. The predicted octanol–water partition coefficient (Wildman–Crippen LogP) is 2.18. The first-order chi connectivity index (χ1) is 9.79. The number of nitrogen functional groups attached to an aromatic ring is 1. The Morgan fingerprint density at radius 1 is 1.45 bits per heavy atom. The zero-order chi connectivity index (χ0) is 13.9. The maximum absolute atomic E-state index is 11.8. The Kier molecular flexibility index (Phi) is 3.68. The predicted molar refractivity (Wildman–Crippen MR) is 77.3 cm³/mol. The van der Waals surface area contributed by atoms with Gasteiger partial charge in [0.25, 0.3) is 0 Å². The number of furan rings is 1. The highest BCUT2D eigenvalue weighted by molar-refractivity contribution is 8.00. The molecule has 6 nitrogen and oxygen atoms in total. The minimum Gasteiger partial charge on any atom is -0.451 e. The summed E-state index contributed by atoms with van der Waals surface area (Å²) in [4.78, 5) is 15.9. The lowest BCUT2D eigenvalue weighted by molar-refractivity contribution is 0.0927. The van der Waals surface area contributed by atoms with Crippen LogP contribution in [0.15, 0.2) is 39.3 Å². The highest BCUT2D eigenvalue weighted by atomic mass is 32.2. The number of fused-ring (bicyclic) bond motifs is 1. The number of amides is 1. The maximum atomic E-state index is 11.8. The molecular weight excluding hydrogens is 296 g/mol. The molecule has 8 heteroatoms. The molecule has 0 aliphatic heterocycles. The van der Waals surface area contributed by atoms with E-state index in [1.54, 1.807) is 0 Å². The molecule has 0 aliphatic carbocycles. The van der Waals surface area contributed by atoms with Crippen LogP contribution >= 0.6 is 23.3 Å². The molecule has 0 atom stereocenters. The number of hydrogen-bond acceptors (Lipinski definition) is 7. The fourth-order valence-electron chi connectivity index (χ4n) is 1.85. The van der Waals surface area contributed by atoms with Crippen molar-refractivity contribution < 1.29 is 9.21 Å². The molecule has 0 fully saturated rings. The number of para-hydroxylation sites is 1. The third kappa shape index (κ3) is 2.40. The first kappa shape index (κ1) is 13.1. The average Bonchev–Trinajstić information content (AvgIpc) is 3.11. The topological polar surface area (TPSA) is 94.0 Å². The first-order valence-electron chi connectivity index (χ1n) is 5.70. The summed E-state index contributed by atoms with van der Waals surface area (Å²) in [6.45, 7) is 0. The minimum absolute atomic E-state index is 0.241. The summed E-state index contributed by atoms with van der Waals surface area (Å²) >= 11 is 2.82. The van der Waals surface area contributed by atoms with Gasteiger partial charge in [0.05, 0.1) is 0 Å². The highest BCUT2D eigenvalue weighted by Crippen LogP contribution is 2.32. The Bertz CT molecular complexity index is 739. The molecule has 0 bridgehead atoms. The van der Waals surface area contributed by atoms with E-state index in [0.29, 0.717) is 11.3 Å². The number of hydrogen-bond donors (Lipinski definition) is 2. The van der Waals surface area contributed by atoms with Gasteiger partial charge in [-0.05, 0) is 17.6 Å². The molecule has 0 radical (unpaired) electrons. The zero-order valence-electron chi connectivity index (χ0n) is 10.2. The second-order valence-electron chi connectivity index (χ2n) is 3.88. The third-order valence-corrected chi connectivity index (χ3v) is 4.54. The van der Waals surface area contributed by atoms with Crippen LogP contribution in [0.5, 0.6) is 0 Å². The smallest absolute Gasteiger partial charge is 0.301 e. The SMILES string of the molecule is NNC(=O)c1oc2ccccc2c1CSc1ncns1. The molecule has 102 valence electrons. The highest BCUT2D eigenvalue weighted by Gasteiger charge is 2.20. The number of aromatic nitrogens is 2. The van der Waals surface area contributed by atoms with Gasteiger partial charge in [-0.2, -0.15) is 4.37 Å². The van der Waals surface area contributed by atoms with E-state index in [1.807, 2.05) is 24.3 Å². The van der Waals surface area contributed by atoms with Crippen LogP contribution in [-0.4, -0.2) is 15.3 Å². The number of nitrogens with two attached hydrogens (primary N) is 1. The normalized spacial score (nSPS) is 10.8. The average molecular weight is 306 g/mol. The molecule has 0 aliphatic rings. The van der Waals surface area contributed by atoms with Gasteiger partial charge in [-0.15, -0.1) is 0 Å². The van der Waals surface area contributed by atoms with Gasteiger partial charge in [-0.3, -0.25) is 10.2 Å². The van der Waals surface area contributed by atoms with Crippen LogP contribution in [0.2, 0.25) is 0 Å². The lowest BCUT2D eigenvalue weighted by Crippen LogP contribution is -2.30. The number of nitrogens with zero attached hydrogens (tertiary/aromatic N) is 2. The maximum Gasteiger partial charge on any atom is 0.301 e. The van der Waals surface area contributed by atoms with E-state index in [9.17, 15) is 4.79 Å². The Morgan fingerprint density at radius 3 is 3.05 bits per heavy atom. The molecule has 0 saturated heterocycles. The molecule has 3 rings (SSSR count). The number of carbonyl (C=O) groups is 1. The van der Waals surface area contributed by atoms with E-state index in [1.165, 1.54) is 29.6 Å². The van der Waals surface area contributed by atoms with E-state index in [-0.39, 0.29) is 5.76 Å². The molecule has 2 heterocycles. The molecular formula is C12H10N4O2S2. The summed E-state index contributed by atoms with van der Waals surface area (Å²) in [5, 5.41) is 0.906. The van der Waals surface area contributed by atoms with Crippen LogP contribution in [0, 0.1) is 0 Å². The van der Waals surface area contributed by atoms with Crippen molar-refractivity contribution in [3.05, 3.63) is 41.9 Å². The van der Waals surface area contributed by atoms with Crippen LogP contribution in [0.4, 0.5) is 0 Å². The summed E-state index contributed by atoms with van der Waals surface area (Å²) in [5.74, 6) is 5.57. The molecule has 20 heavy (non-hydrogen) atoms. The van der Waals surface area contributed by atoms with Crippen molar-refractivity contribution in [2.24, 2.45) is 5.84 Å². The molecule has 0 spiro atoms. The molecule has 3 N–H and O–H groups in total. The van der Waals surface area contributed by atoms with Crippen LogP contribution in [0.25, 0.3) is 11.0 Å². The molecule has 1 amide bonds. The van der Waals surface area contributed by atoms with Gasteiger partial charge in [0.1, 0.15) is 11.9 Å². The van der Waals surface area contributed by atoms with Crippen molar-refractivity contribution in [1.29, 1.82) is 0 Å². The van der Waals surface area contributed by atoms with Gasteiger partial charge < -0.3 is 4.42 Å². The summed E-state index contributed by atoms with van der Waals surface area (Å²) in [6, 6.07) is 7.50. The van der Waals surface area contributed by atoms with E-state index in [0.717, 1.165) is 15.3 Å². The van der Waals surface area contributed by atoms with Gasteiger partial charge in [-0.1, -0.05) is 30.0 Å². The standard InChI is InChI=1S/C12H10N4O2S2/c13-16-11(17)10-8(5-19-12-14-6-15-20-12)7-3-1-2-4-9(7)18-10/h1-4,6H,5,13H2,(H,16,17). The number of benzene rings is 1. The van der Waals surface area contributed by atoms with E-state index in [4.69, 9.17) is 10.3 Å². The summed E-state index contributed by atoms with van der Waals surface area (Å²) < 4.78 is 10.4. The van der Waals surface area contributed by atoms with Crippen molar-refractivity contribution in [3.8, 4) is 0 Å². The summed E-state index contributed by atoms with van der Waals surface area (Å²) in [5.41, 5.74) is 3.58. The third-order valence-electron chi connectivity index (χ3n) is 2.72. The number of nitrogens with one attached hydrogen (secondary N) is 1. The van der Waals surface area contributed by atoms with Gasteiger partial charge in [-0.25, -0.2) is 10.8 Å².